The van der Waals surface area contributed by atoms with Crippen molar-refractivity contribution in [1.82, 2.24) is 9.97 Å². The van der Waals surface area contributed by atoms with Gasteiger partial charge in [-0.3, -0.25) is 9.97 Å². The van der Waals surface area contributed by atoms with E-state index in [1.807, 2.05) is 12.1 Å². The van der Waals surface area contributed by atoms with Gasteiger partial charge in [0.25, 0.3) is 0 Å². The predicted octanol–water partition coefficient (Wildman–Crippen LogP) is 3.60. The lowest BCUT2D eigenvalue weighted by atomic mass is 9.96. The standard InChI is InChI=1S/C15H20BrN3O/c1-3-10(4-2)14(20)9-18-12-5-6-17-13-7-11(16)8-19-15(12)13/h5-8,10,14,20H,3-4,9H2,1-2H3,(H,17,18). The molecule has 20 heavy (non-hydrogen) atoms. The molecule has 5 heteroatoms. The van der Waals surface area contributed by atoms with Gasteiger partial charge in [-0.25, -0.2) is 0 Å². The fourth-order valence-corrected chi connectivity index (χ4v) is 2.68. The van der Waals surface area contributed by atoms with Gasteiger partial charge >= 0.3 is 0 Å². The van der Waals surface area contributed by atoms with Crippen molar-refractivity contribution in [2.24, 2.45) is 5.92 Å². The second-order valence-electron chi connectivity index (χ2n) is 4.90. The molecule has 0 aliphatic rings. The number of rotatable bonds is 6. The van der Waals surface area contributed by atoms with Gasteiger partial charge in [-0.1, -0.05) is 26.7 Å². The summed E-state index contributed by atoms with van der Waals surface area (Å²) in [5, 5.41) is 13.5. The zero-order valence-electron chi connectivity index (χ0n) is 11.8. The molecule has 4 nitrogen and oxygen atoms in total. The molecule has 2 heterocycles. The minimum Gasteiger partial charge on any atom is -0.391 e. The predicted molar refractivity (Wildman–Crippen MR) is 85.8 cm³/mol. The first-order valence-electron chi connectivity index (χ1n) is 6.97. The summed E-state index contributed by atoms with van der Waals surface area (Å²) in [5.41, 5.74) is 2.57. The van der Waals surface area contributed by atoms with Gasteiger partial charge in [-0.2, -0.15) is 0 Å². The summed E-state index contributed by atoms with van der Waals surface area (Å²) < 4.78 is 0.909. The van der Waals surface area contributed by atoms with Crippen LogP contribution >= 0.6 is 15.9 Å². The highest BCUT2D eigenvalue weighted by Crippen LogP contribution is 2.22. The number of aliphatic hydroxyl groups is 1. The molecule has 0 aromatic carbocycles. The van der Waals surface area contributed by atoms with Crippen molar-refractivity contribution in [3.63, 3.8) is 0 Å². The number of aliphatic hydroxyl groups excluding tert-OH is 1. The molecule has 0 spiro atoms. The van der Waals surface area contributed by atoms with E-state index in [4.69, 9.17) is 0 Å². The second kappa shape index (κ2) is 6.99. The van der Waals surface area contributed by atoms with Crippen molar-refractivity contribution in [2.45, 2.75) is 32.8 Å². The van der Waals surface area contributed by atoms with Crippen molar-refractivity contribution >= 4 is 32.7 Å². The van der Waals surface area contributed by atoms with E-state index in [9.17, 15) is 5.11 Å². The van der Waals surface area contributed by atoms with Crippen LogP contribution in [-0.4, -0.2) is 27.7 Å². The largest absolute Gasteiger partial charge is 0.391 e. The van der Waals surface area contributed by atoms with Crippen LogP contribution < -0.4 is 5.32 Å². The molecule has 0 saturated carbocycles. The minimum atomic E-state index is -0.344. The van der Waals surface area contributed by atoms with Crippen LogP contribution in [0.25, 0.3) is 11.0 Å². The minimum absolute atomic E-state index is 0.331. The summed E-state index contributed by atoms with van der Waals surface area (Å²) in [6.07, 6.45) is 5.14. The average Bonchev–Trinajstić information content (AvgIpc) is 2.45. The number of nitrogens with one attached hydrogen (secondary N) is 1. The van der Waals surface area contributed by atoms with Gasteiger partial charge < -0.3 is 10.4 Å². The highest BCUT2D eigenvalue weighted by Gasteiger charge is 2.15. The van der Waals surface area contributed by atoms with Crippen LogP contribution in [0.15, 0.2) is 29.0 Å². The fraction of sp³-hybridized carbons (Fsp3) is 0.467. The van der Waals surface area contributed by atoms with Gasteiger partial charge in [0, 0.05) is 23.4 Å². The van der Waals surface area contributed by atoms with E-state index in [1.165, 1.54) is 0 Å². The average molecular weight is 338 g/mol. The highest BCUT2D eigenvalue weighted by atomic mass is 79.9. The van der Waals surface area contributed by atoms with Gasteiger partial charge in [0.05, 0.1) is 17.3 Å². The van der Waals surface area contributed by atoms with Gasteiger partial charge in [-0.15, -0.1) is 0 Å². The van der Waals surface area contributed by atoms with Crippen LogP contribution in [0.5, 0.6) is 0 Å². The van der Waals surface area contributed by atoms with Crippen molar-refractivity contribution < 1.29 is 5.11 Å². The van der Waals surface area contributed by atoms with Gasteiger partial charge in [-0.05, 0) is 34.0 Å². The lowest BCUT2D eigenvalue weighted by Crippen LogP contribution is -2.27. The Morgan fingerprint density at radius 2 is 2.05 bits per heavy atom. The number of anilines is 1. The molecule has 2 aromatic heterocycles. The molecular formula is C15H20BrN3O. The van der Waals surface area contributed by atoms with Crippen LogP contribution in [0.2, 0.25) is 0 Å². The zero-order valence-corrected chi connectivity index (χ0v) is 13.4. The van der Waals surface area contributed by atoms with Gasteiger partial charge in [0.15, 0.2) is 0 Å². The van der Waals surface area contributed by atoms with Crippen LogP contribution in [-0.2, 0) is 0 Å². The van der Waals surface area contributed by atoms with Crippen molar-refractivity contribution in [2.75, 3.05) is 11.9 Å². The van der Waals surface area contributed by atoms with Crippen LogP contribution in [0.4, 0.5) is 5.69 Å². The topological polar surface area (TPSA) is 58.0 Å². The van der Waals surface area contributed by atoms with Gasteiger partial charge in [0.2, 0.25) is 0 Å². The first kappa shape index (κ1) is 15.2. The summed E-state index contributed by atoms with van der Waals surface area (Å²) >= 11 is 3.39. The molecule has 0 aliphatic heterocycles. The first-order valence-corrected chi connectivity index (χ1v) is 7.77. The fourth-order valence-electron chi connectivity index (χ4n) is 2.36. The number of fused-ring (bicyclic) bond motifs is 1. The highest BCUT2D eigenvalue weighted by molar-refractivity contribution is 9.10. The maximum atomic E-state index is 10.2. The van der Waals surface area contributed by atoms with E-state index >= 15 is 0 Å². The van der Waals surface area contributed by atoms with Gasteiger partial charge in [0.1, 0.15) is 5.52 Å². The lowest BCUT2D eigenvalue weighted by Gasteiger charge is -2.21. The van der Waals surface area contributed by atoms with Crippen LogP contribution in [0.1, 0.15) is 26.7 Å². The molecule has 2 rings (SSSR count). The number of nitrogens with zero attached hydrogens (tertiary/aromatic N) is 2. The lowest BCUT2D eigenvalue weighted by molar-refractivity contribution is 0.114. The van der Waals surface area contributed by atoms with Crippen molar-refractivity contribution in [3.8, 4) is 0 Å². The van der Waals surface area contributed by atoms with E-state index in [1.54, 1.807) is 12.4 Å². The first-order chi connectivity index (χ1) is 9.65. The van der Waals surface area contributed by atoms with E-state index in [0.717, 1.165) is 34.0 Å². The Hall–Kier alpha value is -1.20. The monoisotopic (exact) mass is 337 g/mol. The SMILES string of the molecule is CCC(CC)C(O)CNc1ccnc2cc(Br)cnc12. The second-order valence-corrected chi connectivity index (χ2v) is 5.82. The molecule has 0 bridgehead atoms. The quantitative estimate of drug-likeness (QED) is 0.845. The number of halogens is 1. The van der Waals surface area contributed by atoms with E-state index in [2.05, 4.69) is 45.1 Å². The molecule has 2 aromatic rings. The number of hydrogen-bond acceptors (Lipinski definition) is 4. The Balaban J connectivity index is 2.14. The van der Waals surface area contributed by atoms with Crippen molar-refractivity contribution in [3.05, 3.63) is 29.0 Å². The molecule has 0 aliphatic carbocycles. The van der Waals surface area contributed by atoms with E-state index < -0.39 is 0 Å². The zero-order chi connectivity index (χ0) is 14.5. The Kier molecular flexibility index (Phi) is 5.31. The molecule has 0 radical (unpaired) electrons. The van der Waals surface area contributed by atoms with Crippen LogP contribution in [0.3, 0.4) is 0 Å². The van der Waals surface area contributed by atoms with Crippen molar-refractivity contribution in [1.29, 1.82) is 0 Å². The summed E-state index contributed by atoms with van der Waals surface area (Å²) in [6, 6.07) is 3.83. The third kappa shape index (κ3) is 3.46. The molecule has 108 valence electrons. The normalized spacial score (nSPS) is 12.8. The molecule has 1 unspecified atom stereocenters. The third-order valence-corrected chi connectivity index (χ3v) is 4.07. The Labute approximate surface area is 127 Å². The number of aromatic nitrogens is 2. The van der Waals surface area contributed by atoms with E-state index in [0.29, 0.717) is 12.5 Å². The summed E-state index contributed by atoms with van der Waals surface area (Å²) in [5.74, 6) is 0.331. The number of pyridine rings is 2. The molecule has 2 N–H and O–H groups in total. The molecular weight excluding hydrogens is 318 g/mol. The van der Waals surface area contributed by atoms with E-state index in [-0.39, 0.29) is 6.10 Å². The Bertz CT molecular complexity index is 572. The summed E-state index contributed by atoms with van der Waals surface area (Å²) in [6.45, 7) is 4.75. The maximum Gasteiger partial charge on any atom is 0.112 e. The maximum absolute atomic E-state index is 10.2. The third-order valence-electron chi connectivity index (χ3n) is 3.64. The van der Waals surface area contributed by atoms with Crippen LogP contribution in [0, 0.1) is 5.92 Å². The molecule has 0 saturated heterocycles. The Morgan fingerprint density at radius 3 is 2.75 bits per heavy atom. The molecule has 0 fully saturated rings. The molecule has 0 amide bonds. The summed E-state index contributed by atoms with van der Waals surface area (Å²) in [4.78, 5) is 8.69. The Morgan fingerprint density at radius 1 is 1.30 bits per heavy atom. The number of hydrogen-bond donors (Lipinski definition) is 2. The molecule has 1 atom stereocenters. The smallest absolute Gasteiger partial charge is 0.112 e. The summed E-state index contributed by atoms with van der Waals surface area (Å²) in [7, 11) is 0.